The smallest absolute Gasteiger partial charge is 0.346 e. The highest BCUT2D eigenvalue weighted by atomic mass is 35.7. The summed E-state index contributed by atoms with van der Waals surface area (Å²) in [4.78, 5) is 15.2. The van der Waals surface area contributed by atoms with E-state index in [2.05, 4.69) is 4.98 Å². The van der Waals surface area contributed by atoms with Gasteiger partial charge in [-0.25, -0.2) is 18.2 Å². The highest BCUT2D eigenvalue weighted by Crippen LogP contribution is 2.18. The third-order valence-corrected chi connectivity index (χ3v) is 3.34. The molecule has 0 fully saturated rings. The van der Waals surface area contributed by atoms with Crippen LogP contribution in [0.15, 0.2) is 32.3 Å². The van der Waals surface area contributed by atoms with E-state index in [0.29, 0.717) is 5.52 Å². The van der Waals surface area contributed by atoms with Gasteiger partial charge in [0.25, 0.3) is 9.05 Å². The van der Waals surface area contributed by atoms with Gasteiger partial charge >= 0.3 is 5.63 Å². The van der Waals surface area contributed by atoms with Crippen LogP contribution in [0, 0.1) is 6.92 Å². The molecule has 1 aromatic heterocycles. The van der Waals surface area contributed by atoms with Crippen molar-refractivity contribution in [3.63, 3.8) is 0 Å². The largest absolute Gasteiger partial charge is 0.408 e. The van der Waals surface area contributed by atoms with Crippen molar-refractivity contribution in [1.82, 2.24) is 4.98 Å². The molecule has 0 spiro atoms. The van der Waals surface area contributed by atoms with E-state index in [9.17, 15) is 13.2 Å². The second-order valence-corrected chi connectivity index (χ2v) is 5.70. The van der Waals surface area contributed by atoms with Crippen molar-refractivity contribution in [1.29, 1.82) is 0 Å². The van der Waals surface area contributed by atoms with E-state index < -0.39 is 14.7 Å². The minimum Gasteiger partial charge on any atom is -0.408 e. The summed E-state index contributed by atoms with van der Waals surface area (Å²) >= 11 is 0. The molecule has 0 aliphatic rings. The molecule has 2 rings (SSSR count). The molecule has 2 aromatic rings. The van der Waals surface area contributed by atoms with Gasteiger partial charge in [-0.15, -0.1) is 0 Å². The monoisotopic (exact) mass is 259 g/mol. The van der Waals surface area contributed by atoms with Gasteiger partial charge in [-0.3, -0.25) is 0 Å². The molecule has 0 radical (unpaired) electrons. The lowest BCUT2D eigenvalue weighted by atomic mass is 10.2. The number of nitrogens with zero attached hydrogens (tertiary/aromatic N) is 1. The van der Waals surface area contributed by atoms with Crippen molar-refractivity contribution in [2.45, 2.75) is 11.8 Å². The van der Waals surface area contributed by atoms with Crippen molar-refractivity contribution in [3.8, 4) is 0 Å². The molecule has 0 unspecified atom stereocenters. The Morgan fingerprint density at radius 2 is 2.06 bits per heavy atom. The van der Waals surface area contributed by atoms with Crippen LogP contribution in [-0.2, 0) is 9.05 Å². The second-order valence-electron chi connectivity index (χ2n) is 3.14. The molecular weight excluding hydrogens is 254 g/mol. The molecule has 84 valence electrons. The van der Waals surface area contributed by atoms with E-state index in [1.54, 1.807) is 0 Å². The van der Waals surface area contributed by atoms with Gasteiger partial charge in [0.15, 0.2) is 5.89 Å². The molecule has 0 bridgehead atoms. The van der Waals surface area contributed by atoms with Crippen molar-refractivity contribution in [2.24, 2.45) is 0 Å². The maximum Gasteiger partial charge on any atom is 0.346 e. The summed E-state index contributed by atoms with van der Waals surface area (Å²) in [7, 11) is 1.30. The lowest BCUT2D eigenvalue weighted by Gasteiger charge is -1.99. The Kier molecular flexibility index (Phi) is 2.47. The second kappa shape index (κ2) is 3.57. The molecule has 1 heterocycles. The Labute approximate surface area is 95.1 Å². The zero-order valence-electron chi connectivity index (χ0n) is 8.10. The van der Waals surface area contributed by atoms with E-state index in [1.165, 1.54) is 19.1 Å². The molecule has 0 atom stereocenters. The summed E-state index contributed by atoms with van der Waals surface area (Å²) < 4.78 is 26.9. The predicted octanol–water partition coefficient (Wildman–Crippen LogP) is 1.42. The first-order valence-corrected chi connectivity index (χ1v) is 6.55. The van der Waals surface area contributed by atoms with E-state index in [4.69, 9.17) is 15.1 Å². The van der Waals surface area contributed by atoms with E-state index in [0.717, 1.165) is 6.07 Å². The maximum absolute atomic E-state index is 11.4. The standard InChI is InChI=1S/C9H6ClNO4S/c1-5-11-8-3-2-6(16(10,13)14)4-7(8)9(12)15-5/h2-4H,1H3. The zero-order chi connectivity index (χ0) is 11.9. The van der Waals surface area contributed by atoms with Crippen molar-refractivity contribution < 1.29 is 12.8 Å². The molecule has 0 amide bonds. The Hall–Kier alpha value is -1.40. The average molecular weight is 260 g/mol. The molecule has 7 heteroatoms. The minimum atomic E-state index is -3.86. The van der Waals surface area contributed by atoms with Crippen molar-refractivity contribution >= 4 is 30.6 Å². The van der Waals surface area contributed by atoms with Gasteiger partial charge in [-0.2, -0.15) is 0 Å². The van der Waals surface area contributed by atoms with Gasteiger partial charge in [0.05, 0.1) is 15.8 Å². The normalized spacial score (nSPS) is 11.9. The lowest BCUT2D eigenvalue weighted by molar-refractivity contribution is 0.467. The van der Waals surface area contributed by atoms with Gasteiger partial charge in [-0.05, 0) is 18.2 Å². The SMILES string of the molecule is Cc1nc2ccc(S(=O)(=O)Cl)cc2c(=O)o1. The van der Waals surface area contributed by atoms with Crippen LogP contribution in [0.5, 0.6) is 0 Å². The summed E-state index contributed by atoms with van der Waals surface area (Å²) in [6, 6.07) is 3.85. The number of aryl methyl sites for hydroxylation is 1. The quantitative estimate of drug-likeness (QED) is 0.724. The maximum atomic E-state index is 11.4. The third kappa shape index (κ3) is 1.94. The Balaban J connectivity index is 2.87. The first kappa shape index (κ1) is 11.1. The Bertz CT molecular complexity index is 720. The van der Waals surface area contributed by atoms with E-state index in [-0.39, 0.29) is 16.2 Å². The van der Waals surface area contributed by atoms with Gasteiger partial charge in [-0.1, -0.05) is 0 Å². The highest BCUT2D eigenvalue weighted by molar-refractivity contribution is 8.13. The summed E-state index contributed by atoms with van der Waals surface area (Å²) in [6.07, 6.45) is 0. The molecule has 0 saturated carbocycles. The van der Waals surface area contributed by atoms with Gasteiger partial charge < -0.3 is 4.42 Å². The highest BCUT2D eigenvalue weighted by Gasteiger charge is 2.12. The van der Waals surface area contributed by atoms with Crippen LogP contribution in [0.4, 0.5) is 0 Å². The van der Waals surface area contributed by atoms with Gasteiger partial charge in [0.1, 0.15) is 0 Å². The summed E-state index contributed by atoms with van der Waals surface area (Å²) in [5, 5.41) is 0.0901. The Morgan fingerprint density at radius 1 is 1.38 bits per heavy atom. The Morgan fingerprint density at radius 3 is 2.69 bits per heavy atom. The van der Waals surface area contributed by atoms with E-state index in [1.807, 2.05) is 0 Å². The van der Waals surface area contributed by atoms with Crippen LogP contribution >= 0.6 is 10.7 Å². The van der Waals surface area contributed by atoms with Gasteiger partial charge in [0.2, 0.25) is 0 Å². The molecule has 0 aliphatic carbocycles. The number of hydrogen-bond donors (Lipinski definition) is 0. The fourth-order valence-electron chi connectivity index (χ4n) is 1.31. The summed E-state index contributed by atoms with van der Waals surface area (Å²) in [5.41, 5.74) is -0.262. The van der Waals surface area contributed by atoms with Crippen LogP contribution < -0.4 is 5.63 Å². The van der Waals surface area contributed by atoms with E-state index >= 15 is 0 Å². The average Bonchev–Trinajstić information content (AvgIpc) is 2.15. The summed E-state index contributed by atoms with van der Waals surface area (Å²) in [5.74, 6) is 0.221. The lowest BCUT2D eigenvalue weighted by Crippen LogP contribution is -2.04. The molecule has 5 nitrogen and oxygen atoms in total. The topological polar surface area (TPSA) is 77.2 Å². The number of hydrogen-bond acceptors (Lipinski definition) is 5. The van der Waals surface area contributed by atoms with Crippen LogP contribution in [0.1, 0.15) is 5.89 Å². The fourth-order valence-corrected chi connectivity index (χ4v) is 2.09. The third-order valence-electron chi connectivity index (χ3n) is 1.99. The molecule has 16 heavy (non-hydrogen) atoms. The van der Waals surface area contributed by atoms with Crippen LogP contribution in [0.2, 0.25) is 0 Å². The molecule has 1 aromatic carbocycles. The van der Waals surface area contributed by atoms with Crippen molar-refractivity contribution in [3.05, 3.63) is 34.5 Å². The number of halogens is 1. The first-order chi connectivity index (χ1) is 7.38. The van der Waals surface area contributed by atoms with Crippen LogP contribution in [0.25, 0.3) is 10.9 Å². The van der Waals surface area contributed by atoms with Crippen LogP contribution in [0.3, 0.4) is 0 Å². The minimum absolute atomic E-state index is 0.0901. The predicted molar refractivity (Wildman–Crippen MR) is 58.1 cm³/mol. The molecule has 0 aliphatic heterocycles. The summed E-state index contributed by atoms with van der Waals surface area (Å²) in [6.45, 7) is 1.53. The number of rotatable bonds is 1. The fraction of sp³-hybridized carbons (Fsp3) is 0.111. The number of fused-ring (bicyclic) bond motifs is 1. The van der Waals surface area contributed by atoms with Gasteiger partial charge in [0, 0.05) is 17.6 Å². The molecule has 0 saturated heterocycles. The van der Waals surface area contributed by atoms with Crippen LogP contribution in [-0.4, -0.2) is 13.4 Å². The molecular formula is C9H6ClNO4S. The molecule has 0 N–H and O–H groups in total. The number of aromatic nitrogens is 1. The number of benzene rings is 1. The first-order valence-electron chi connectivity index (χ1n) is 4.24. The van der Waals surface area contributed by atoms with Crippen molar-refractivity contribution in [2.75, 3.05) is 0 Å². The zero-order valence-corrected chi connectivity index (χ0v) is 9.67.